The minimum atomic E-state index is -0.344. The zero-order valence-electron chi connectivity index (χ0n) is 11.5. The van der Waals surface area contributed by atoms with Crippen LogP contribution in [0.1, 0.15) is 10.4 Å². The summed E-state index contributed by atoms with van der Waals surface area (Å²) in [6, 6.07) is 12.3. The Labute approximate surface area is 130 Å². The molecule has 1 aromatic carbocycles. The summed E-state index contributed by atoms with van der Waals surface area (Å²) < 4.78 is 15.8. The number of carbonyl (C=O) groups excluding carboxylic acids is 1. The minimum Gasteiger partial charge on any atom is -0.461 e. The summed E-state index contributed by atoms with van der Waals surface area (Å²) in [4.78, 5) is 11.7. The molecule has 0 atom stereocenters. The number of aromatic nitrogens is 2. The van der Waals surface area contributed by atoms with Gasteiger partial charge in [0.15, 0.2) is 5.76 Å². The van der Waals surface area contributed by atoms with Gasteiger partial charge in [-0.15, -0.1) is 10.2 Å². The lowest BCUT2D eigenvalue weighted by molar-refractivity contribution is 0.0530. The van der Waals surface area contributed by atoms with Crippen LogP contribution in [0.25, 0.3) is 11.7 Å². The molecule has 3 aromatic rings. The normalized spacial score (nSPS) is 10.5. The maximum absolute atomic E-state index is 11.7. The number of nitrogens with zero attached hydrogens (tertiary/aromatic N) is 2. The van der Waals surface area contributed by atoms with Crippen molar-refractivity contribution in [3.63, 3.8) is 0 Å². The molecule has 0 amide bonds. The molecule has 0 N–H and O–H groups in total. The quantitative estimate of drug-likeness (QED) is 0.392. The lowest BCUT2D eigenvalue weighted by Gasteiger charge is -2.02. The third-order valence-corrected chi connectivity index (χ3v) is 3.47. The zero-order valence-corrected chi connectivity index (χ0v) is 12.3. The molecule has 0 saturated heterocycles. The van der Waals surface area contributed by atoms with Gasteiger partial charge in [-0.3, -0.25) is 0 Å². The number of rotatable bonds is 6. The smallest absolute Gasteiger partial charge is 0.338 e. The van der Waals surface area contributed by atoms with Crippen LogP contribution < -0.4 is 0 Å². The van der Waals surface area contributed by atoms with Gasteiger partial charge < -0.3 is 13.6 Å². The molecular formula is C15H12N2O4S. The van der Waals surface area contributed by atoms with E-state index in [0.717, 1.165) is 0 Å². The number of carbonyl (C=O) groups is 1. The third kappa shape index (κ3) is 3.56. The third-order valence-electron chi connectivity index (χ3n) is 2.69. The van der Waals surface area contributed by atoms with Crippen LogP contribution in [-0.2, 0) is 4.74 Å². The van der Waals surface area contributed by atoms with E-state index >= 15 is 0 Å². The van der Waals surface area contributed by atoms with E-state index in [2.05, 4.69) is 10.2 Å². The Kier molecular flexibility index (Phi) is 4.55. The van der Waals surface area contributed by atoms with E-state index in [4.69, 9.17) is 13.6 Å². The van der Waals surface area contributed by atoms with Crippen LogP contribution in [0, 0.1) is 0 Å². The van der Waals surface area contributed by atoms with Crippen molar-refractivity contribution in [3.05, 3.63) is 54.3 Å². The highest BCUT2D eigenvalue weighted by Gasteiger charge is 2.11. The van der Waals surface area contributed by atoms with Gasteiger partial charge >= 0.3 is 5.97 Å². The van der Waals surface area contributed by atoms with Crippen molar-refractivity contribution in [2.24, 2.45) is 0 Å². The summed E-state index contributed by atoms with van der Waals surface area (Å²) >= 11 is 1.32. The van der Waals surface area contributed by atoms with Crippen molar-refractivity contribution in [3.8, 4) is 11.7 Å². The fourth-order valence-corrected chi connectivity index (χ4v) is 2.27. The molecule has 22 heavy (non-hydrogen) atoms. The summed E-state index contributed by atoms with van der Waals surface area (Å²) in [6.07, 6.45) is 1.54. The standard InChI is InChI=1S/C15H12N2O4S/c18-14(11-5-2-1-3-6-11)20-9-10-22-15-17-16-13(21-15)12-7-4-8-19-12/h1-8H,9-10H2. The summed E-state index contributed by atoms with van der Waals surface area (Å²) in [6.45, 7) is 0.261. The van der Waals surface area contributed by atoms with Crippen molar-refractivity contribution in [2.45, 2.75) is 5.22 Å². The van der Waals surface area contributed by atoms with Gasteiger partial charge in [-0.1, -0.05) is 30.0 Å². The van der Waals surface area contributed by atoms with E-state index in [1.807, 2.05) is 6.07 Å². The predicted octanol–water partition coefficient (Wildman–Crippen LogP) is 3.28. The van der Waals surface area contributed by atoms with Crippen LogP contribution in [0.5, 0.6) is 0 Å². The maximum Gasteiger partial charge on any atom is 0.338 e. The molecule has 0 aliphatic heterocycles. The average Bonchev–Trinajstić information content (AvgIpc) is 3.23. The molecule has 0 bridgehead atoms. The fourth-order valence-electron chi connectivity index (χ4n) is 1.69. The highest BCUT2D eigenvalue weighted by Crippen LogP contribution is 2.23. The number of esters is 1. The summed E-state index contributed by atoms with van der Waals surface area (Å²) in [5.41, 5.74) is 0.533. The van der Waals surface area contributed by atoms with Crippen LogP contribution in [0.4, 0.5) is 0 Å². The number of furan rings is 1. The molecule has 2 aromatic heterocycles. The molecule has 112 valence electrons. The Morgan fingerprint density at radius 1 is 1.14 bits per heavy atom. The van der Waals surface area contributed by atoms with E-state index in [9.17, 15) is 4.79 Å². The molecular weight excluding hydrogens is 304 g/mol. The molecule has 0 unspecified atom stereocenters. The Morgan fingerprint density at radius 2 is 2.00 bits per heavy atom. The molecule has 0 spiro atoms. The average molecular weight is 316 g/mol. The largest absolute Gasteiger partial charge is 0.461 e. The van der Waals surface area contributed by atoms with E-state index in [-0.39, 0.29) is 12.6 Å². The minimum absolute atomic E-state index is 0.261. The first-order valence-corrected chi connectivity index (χ1v) is 7.54. The maximum atomic E-state index is 11.7. The molecule has 0 aliphatic carbocycles. The molecule has 6 nitrogen and oxygen atoms in total. The van der Waals surface area contributed by atoms with Crippen molar-refractivity contribution >= 4 is 17.7 Å². The van der Waals surface area contributed by atoms with E-state index in [0.29, 0.717) is 28.2 Å². The summed E-state index contributed by atoms with van der Waals surface area (Å²) in [7, 11) is 0. The topological polar surface area (TPSA) is 78.4 Å². The predicted molar refractivity (Wildman–Crippen MR) is 79.4 cm³/mol. The van der Waals surface area contributed by atoms with Crippen LogP contribution >= 0.6 is 11.8 Å². The van der Waals surface area contributed by atoms with Gasteiger partial charge in [-0.2, -0.15) is 0 Å². The van der Waals surface area contributed by atoms with Crippen molar-refractivity contribution in [2.75, 3.05) is 12.4 Å². The monoisotopic (exact) mass is 316 g/mol. The van der Waals surface area contributed by atoms with Gasteiger partial charge in [0, 0.05) is 5.75 Å². The Bertz CT molecular complexity index is 725. The highest BCUT2D eigenvalue weighted by atomic mass is 32.2. The summed E-state index contributed by atoms with van der Waals surface area (Å²) in [5.74, 6) is 1.03. The van der Waals surface area contributed by atoms with Crippen LogP contribution in [0.3, 0.4) is 0 Å². The molecule has 3 rings (SSSR count). The molecule has 2 heterocycles. The summed E-state index contributed by atoms with van der Waals surface area (Å²) in [5, 5.41) is 8.18. The van der Waals surface area contributed by atoms with E-state index < -0.39 is 0 Å². The van der Waals surface area contributed by atoms with E-state index in [1.54, 1.807) is 36.4 Å². The van der Waals surface area contributed by atoms with E-state index in [1.165, 1.54) is 18.0 Å². The fraction of sp³-hybridized carbons (Fsp3) is 0.133. The van der Waals surface area contributed by atoms with Crippen molar-refractivity contribution < 1.29 is 18.4 Å². The van der Waals surface area contributed by atoms with Crippen molar-refractivity contribution in [1.82, 2.24) is 10.2 Å². The van der Waals surface area contributed by atoms with Gasteiger partial charge in [0.25, 0.3) is 11.1 Å². The van der Waals surface area contributed by atoms with Crippen molar-refractivity contribution in [1.29, 1.82) is 0 Å². The van der Waals surface area contributed by atoms with Crippen LogP contribution in [0.2, 0.25) is 0 Å². The van der Waals surface area contributed by atoms with Crippen LogP contribution in [0.15, 0.2) is 62.8 Å². The lowest BCUT2D eigenvalue weighted by Crippen LogP contribution is -2.07. The Balaban J connectivity index is 1.45. The van der Waals surface area contributed by atoms with Gasteiger partial charge in [-0.25, -0.2) is 4.79 Å². The second-order valence-electron chi connectivity index (χ2n) is 4.20. The highest BCUT2D eigenvalue weighted by molar-refractivity contribution is 7.99. The molecule has 0 aliphatic rings. The SMILES string of the molecule is O=C(OCCSc1nnc(-c2ccco2)o1)c1ccccc1. The first-order valence-electron chi connectivity index (χ1n) is 6.55. The second kappa shape index (κ2) is 6.95. The lowest BCUT2D eigenvalue weighted by atomic mass is 10.2. The zero-order chi connectivity index (χ0) is 15.2. The number of thioether (sulfide) groups is 1. The first-order chi connectivity index (χ1) is 10.8. The molecule has 0 saturated carbocycles. The van der Waals surface area contributed by atoms with Crippen LogP contribution in [-0.4, -0.2) is 28.5 Å². The van der Waals surface area contributed by atoms with Gasteiger partial charge in [0.05, 0.1) is 11.8 Å². The molecule has 7 heteroatoms. The number of hydrogen-bond donors (Lipinski definition) is 0. The number of benzene rings is 1. The second-order valence-corrected chi connectivity index (χ2v) is 5.25. The molecule has 0 radical (unpaired) electrons. The van der Waals surface area contributed by atoms with Gasteiger partial charge in [-0.05, 0) is 24.3 Å². The Hall–Kier alpha value is -2.54. The Morgan fingerprint density at radius 3 is 2.77 bits per heavy atom. The van der Waals surface area contributed by atoms with Gasteiger partial charge in [0.1, 0.15) is 6.61 Å². The number of hydrogen-bond acceptors (Lipinski definition) is 7. The first kappa shape index (κ1) is 14.4. The van der Waals surface area contributed by atoms with Gasteiger partial charge in [0.2, 0.25) is 0 Å². The molecule has 0 fully saturated rings. The number of ether oxygens (including phenoxy) is 1.